The van der Waals surface area contributed by atoms with Crippen LogP contribution in [0, 0.1) is 0 Å². The summed E-state index contributed by atoms with van der Waals surface area (Å²) in [5.74, 6) is -0.381. The quantitative estimate of drug-likeness (QED) is 0.756. The van der Waals surface area contributed by atoms with E-state index >= 15 is 0 Å². The van der Waals surface area contributed by atoms with Gasteiger partial charge in [0.05, 0.1) is 12.7 Å². The average Bonchev–Trinajstić information content (AvgIpc) is 2.90. The van der Waals surface area contributed by atoms with Crippen LogP contribution in [0.25, 0.3) is 0 Å². The molecule has 1 atom stereocenters. The Hall–Kier alpha value is -2.24. The Labute approximate surface area is 96.9 Å². The maximum Gasteiger partial charge on any atom is 0.255 e. The molecule has 2 rings (SSSR count). The minimum absolute atomic E-state index is 0.179. The van der Waals surface area contributed by atoms with Gasteiger partial charge in [0.1, 0.15) is 18.4 Å². The predicted octanol–water partition coefficient (Wildman–Crippen LogP) is 1.64. The zero-order valence-corrected chi connectivity index (χ0v) is 9.08. The minimum Gasteiger partial charge on any atom is -0.496 e. The second kappa shape index (κ2) is 4.73. The summed E-state index contributed by atoms with van der Waals surface area (Å²) in [4.78, 5) is 15.5. The molecular formula is C11H10FN3O2. The van der Waals surface area contributed by atoms with E-state index in [-0.39, 0.29) is 5.56 Å². The molecule has 0 aliphatic carbocycles. The summed E-state index contributed by atoms with van der Waals surface area (Å²) in [7, 11) is 1.43. The summed E-state index contributed by atoms with van der Waals surface area (Å²) in [6, 6.07) is 6.45. The number of ketones is 1. The Kier molecular flexibility index (Phi) is 3.13. The van der Waals surface area contributed by atoms with E-state index < -0.39 is 12.1 Å². The zero-order chi connectivity index (χ0) is 12.3. The van der Waals surface area contributed by atoms with E-state index in [9.17, 15) is 9.18 Å². The Morgan fingerprint density at radius 1 is 1.47 bits per heavy atom. The highest BCUT2D eigenvalue weighted by Crippen LogP contribution is 2.23. The van der Waals surface area contributed by atoms with Gasteiger partial charge in [-0.2, -0.15) is 5.10 Å². The smallest absolute Gasteiger partial charge is 0.255 e. The number of nitrogens with zero attached hydrogens (tertiary/aromatic N) is 3. The summed E-state index contributed by atoms with van der Waals surface area (Å²) in [5.41, 5.74) is 0.179. The van der Waals surface area contributed by atoms with Gasteiger partial charge >= 0.3 is 0 Å². The van der Waals surface area contributed by atoms with Gasteiger partial charge in [-0.25, -0.2) is 14.1 Å². The summed E-state index contributed by atoms with van der Waals surface area (Å²) in [5, 5.41) is 3.59. The SMILES string of the molecule is COc1ccccc1C(=O)C(F)n1cncn1. The first kappa shape index (κ1) is 11.3. The molecule has 1 heterocycles. The molecule has 0 amide bonds. The molecule has 2 aromatic rings. The number of methoxy groups -OCH3 is 1. The van der Waals surface area contributed by atoms with Crippen LogP contribution in [0.1, 0.15) is 16.7 Å². The molecular weight excluding hydrogens is 225 g/mol. The summed E-state index contributed by atoms with van der Waals surface area (Å²) in [6.45, 7) is 0. The second-order valence-electron chi connectivity index (χ2n) is 3.28. The number of rotatable bonds is 4. The van der Waals surface area contributed by atoms with Crippen LogP contribution in [0.2, 0.25) is 0 Å². The third-order valence-electron chi connectivity index (χ3n) is 2.26. The highest BCUT2D eigenvalue weighted by molar-refractivity contribution is 6.00. The van der Waals surface area contributed by atoms with Gasteiger partial charge in [-0.15, -0.1) is 0 Å². The number of alkyl halides is 1. The summed E-state index contributed by atoms with van der Waals surface area (Å²) < 4.78 is 19.7. The lowest BCUT2D eigenvalue weighted by atomic mass is 10.1. The lowest BCUT2D eigenvalue weighted by Gasteiger charge is -2.10. The van der Waals surface area contributed by atoms with Crippen molar-refractivity contribution in [3.63, 3.8) is 0 Å². The molecule has 0 aliphatic rings. The largest absolute Gasteiger partial charge is 0.496 e. The van der Waals surface area contributed by atoms with Gasteiger partial charge in [-0.05, 0) is 12.1 Å². The zero-order valence-electron chi connectivity index (χ0n) is 9.08. The number of para-hydroxylation sites is 1. The Balaban J connectivity index is 2.31. The lowest BCUT2D eigenvalue weighted by molar-refractivity contribution is 0.0775. The fraction of sp³-hybridized carbons (Fsp3) is 0.182. The normalized spacial score (nSPS) is 12.1. The van der Waals surface area contributed by atoms with Gasteiger partial charge in [-0.1, -0.05) is 12.1 Å². The van der Waals surface area contributed by atoms with Crippen molar-refractivity contribution in [1.29, 1.82) is 0 Å². The third-order valence-corrected chi connectivity index (χ3v) is 2.26. The number of aromatic nitrogens is 3. The molecule has 0 saturated carbocycles. The van der Waals surface area contributed by atoms with E-state index in [4.69, 9.17) is 4.74 Å². The molecule has 6 heteroatoms. The minimum atomic E-state index is -1.89. The van der Waals surface area contributed by atoms with E-state index in [0.717, 1.165) is 11.0 Å². The van der Waals surface area contributed by atoms with Gasteiger partial charge < -0.3 is 4.74 Å². The van der Waals surface area contributed by atoms with Crippen molar-refractivity contribution >= 4 is 5.78 Å². The fourth-order valence-corrected chi connectivity index (χ4v) is 1.43. The van der Waals surface area contributed by atoms with E-state index in [2.05, 4.69) is 10.1 Å². The number of carbonyl (C=O) groups is 1. The summed E-state index contributed by atoms with van der Waals surface area (Å²) in [6.07, 6.45) is 0.425. The van der Waals surface area contributed by atoms with Gasteiger partial charge in [-0.3, -0.25) is 4.79 Å². The molecule has 0 radical (unpaired) electrons. The number of hydrogen-bond acceptors (Lipinski definition) is 4. The molecule has 1 aromatic carbocycles. The van der Waals surface area contributed by atoms with Crippen molar-refractivity contribution < 1.29 is 13.9 Å². The number of carbonyl (C=O) groups excluding carboxylic acids is 1. The number of hydrogen-bond donors (Lipinski definition) is 0. The highest BCUT2D eigenvalue weighted by atomic mass is 19.1. The van der Waals surface area contributed by atoms with Gasteiger partial charge in [0.25, 0.3) is 6.30 Å². The first-order chi connectivity index (χ1) is 8.24. The molecule has 0 N–H and O–H groups in total. The van der Waals surface area contributed by atoms with Crippen LogP contribution in [0.3, 0.4) is 0 Å². The molecule has 0 aliphatic heterocycles. The standard InChI is InChI=1S/C11H10FN3O2/c1-17-9-5-3-2-4-8(9)10(16)11(12)15-7-13-6-14-15/h2-7,11H,1H3. The van der Waals surface area contributed by atoms with Crippen molar-refractivity contribution in [2.24, 2.45) is 0 Å². The van der Waals surface area contributed by atoms with Gasteiger partial charge in [0.2, 0.25) is 5.78 Å². The van der Waals surface area contributed by atoms with Gasteiger partial charge in [0.15, 0.2) is 0 Å². The molecule has 0 spiro atoms. The molecule has 0 bridgehead atoms. The molecule has 88 valence electrons. The first-order valence-corrected chi connectivity index (χ1v) is 4.89. The molecule has 1 unspecified atom stereocenters. The topological polar surface area (TPSA) is 57.0 Å². The molecule has 5 nitrogen and oxygen atoms in total. The van der Waals surface area contributed by atoms with Crippen molar-refractivity contribution in [3.8, 4) is 5.75 Å². The Morgan fingerprint density at radius 2 is 2.24 bits per heavy atom. The Morgan fingerprint density at radius 3 is 2.88 bits per heavy atom. The Bertz CT molecular complexity index is 513. The van der Waals surface area contributed by atoms with Crippen LogP contribution < -0.4 is 4.74 Å². The van der Waals surface area contributed by atoms with Crippen LogP contribution in [-0.4, -0.2) is 27.7 Å². The van der Waals surface area contributed by atoms with Crippen LogP contribution in [0.4, 0.5) is 4.39 Å². The molecule has 0 fully saturated rings. The lowest BCUT2D eigenvalue weighted by Crippen LogP contribution is -2.16. The summed E-state index contributed by atoms with van der Waals surface area (Å²) >= 11 is 0. The van der Waals surface area contributed by atoms with E-state index in [1.807, 2.05) is 0 Å². The van der Waals surface area contributed by atoms with Crippen molar-refractivity contribution in [2.75, 3.05) is 7.11 Å². The maximum absolute atomic E-state index is 13.8. The van der Waals surface area contributed by atoms with Crippen molar-refractivity contribution in [1.82, 2.24) is 14.8 Å². The van der Waals surface area contributed by atoms with E-state index in [0.29, 0.717) is 5.75 Å². The van der Waals surface area contributed by atoms with Crippen LogP contribution in [-0.2, 0) is 0 Å². The van der Waals surface area contributed by atoms with Gasteiger partial charge in [0, 0.05) is 0 Å². The van der Waals surface area contributed by atoms with Crippen molar-refractivity contribution in [3.05, 3.63) is 42.5 Å². The van der Waals surface area contributed by atoms with E-state index in [1.165, 1.54) is 19.5 Å². The number of Topliss-reactive ketones (excluding diaryl/α,β-unsaturated/α-hetero) is 1. The molecule has 1 aromatic heterocycles. The number of halogens is 1. The number of benzene rings is 1. The highest BCUT2D eigenvalue weighted by Gasteiger charge is 2.24. The third kappa shape index (κ3) is 2.15. The molecule has 17 heavy (non-hydrogen) atoms. The molecule has 0 saturated heterocycles. The fourth-order valence-electron chi connectivity index (χ4n) is 1.43. The van der Waals surface area contributed by atoms with E-state index in [1.54, 1.807) is 18.2 Å². The maximum atomic E-state index is 13.8. The van der Waals surface area contributed by atoms with Crippen molar-refractivity contribution in [2.45, 2.75) is 6.30 Å². The average molecular weight is 235 g/mol. The predicted molar refractivity (Wildman–Crippen MR) is 57.5 cm³/mol. The van der Waals surface area contributed by atoms with Crippen LogP contribution in [0.5, 0.6) is 5.75 Å². The number of ether oxygens (including phenoxy) is 1. The van der Waals surface area contributed by atoms with Crippen LogP contribution in [0.15, 0.2) is 36.9 Å². The van der Waals surface area contributed by atoms with Crippen LogP contribution >= 0.6 is 0 Å². The second-order valence-corrected chi connectivity index (χ2v) is 3.28. The first-order valence-electron chi connectivity index (χ1n) is 4.89. The monoisotopic (exact) mass is 235 g/mol.